The minimum absolute atomic E-state index is 0.336. The first-order chi connectivity index (χ1) is 9.72. The van der Waals surface area contributed by atoms with Gasteiger partial charge >= 0.3 is 0 Å². The first-order valence-electron chi connectivity index (χ1n) is 6.95. The molecule has 4 heteroatoms. The van der Waals surface area contributed by atoms with Gasteiger partial charge in [-0.2, -0.15) is 0 Å². The van der Waals surface area contributed by atoms with Crippen LogP contribution in [0.25, 0.3) is 11.0 Å². The second-order valence-corrected chi connectivity index (χ2v) is 6.46. The lowest BCUT2D eigenvalue weighted by Crippen LogP contribution is -2.09. The number of nitrogens with zero attached hydrogens (tertiary/aromatic N) is 1. The van der Waals surface area contributed by atoms with E-state index in [1.807, 2.05) is 11.3 Å². The molecule has 3 rings (SSSR count). The predicted octanol–water partition coefficient (Wildman–Crippen LogP) is 5.46. The third-order valence-corrected chi connectivity index (χ3v) is 4.98. The molecule has 0 aliphatic rings. The van der Waals surface area contributed by atoms with Gasteiger partial charge in [-0.05, 0) is 48.6 Å². The molecular weight excluding hydrogens is 284 g/mol. The molecule has 0 saturated carbocycles. The predicted molar refractivity (Wildman–Crippen MR) is 89.2 cm³/mol. The lowest BCUT2D eigenvalue weighted by molar-refractivity contribution is 0.548. The molecule has 1 N–H and O–H groups in total. The van der Waals surface area contributed by atoms with Gasteiger partial charge in [-0.3, -0.25) is 0 Å². The van der Waals surface area contributed by atoms with Gasteiger partial charge in [0.1, 0.15) is 0 Å². The van der Waals surface area contributed by atoms with Gasteiger partial charge in [-0.1, -0.05) is 31.5 Å². The van der Waals surface area contributed by atoms with Crippen LogP contribution in [0.4, 0.5) is 0 Å². The Morgan fingerprint density at radius 1 is 1.30 bits per heavy atom. The largest absolute Gasteiger partial charge is 0.330 e. The van der Waals surface area contributed by atoms with E-state index < -0.39 is 0 Å². The Morgan fingerprint density at radius 2 is 2.15 bits per heavy atom. The van der Waals surface area contributed by atoms with Gasteiger partial charge in [0.2, 0.25) is 0 Å². The number of imidazole rings is 1. The lowest BCUT2D eigenvalue weighted by atomic mass is 10.1. The van der Waals surface area contributed by atoms with Gasteiger partial charge in [0.25, 0.3) is 0 Å². The lowest BCUT2D eigenvalue weighted by Gasteiger charge is -2.17. The summed E-state index contributed by atoms with van der Waals surface area (Å²) in [5.74, 6) is 0. The first kappa shape index (κ1) is 13.6. The maximum atomic E-state index is 5.59. The van der Waals surface area contributed by atoms with Crippen molar-refractivity contribution in [2.75, 3.05) is 0 Å². The molecule has 20 heavy (non-hydrogen) atoms. The van der Waals surface area contributed by atoms with E-state index in [0.29, 0.717) is 6.04 Å². The second-order valence-electron chi connectivity index (χ2n) is 5.09. The third kappa shape index (κ3) is 2.23. The van der Waals surface area contributed by atoms with Crippen molar-refractivity contribution in [2.24, 2.45) is 0 Å². The van der Waals surface area contributed by atoms with E-state index in [0.717, 1.165) is 23.1 Å². The normalized spacial score (nSPS) is 12.9. The molecule has 2 aromatic heterocycles. The van der Waals surface area contributed by atoms with E-state index in [-0.39, 0.29) is 0 Å². The van der Waals surface area contributed by atoms with Gasteiger partial charge in [0.15, 0.2) is 4.77 Å². The van der Waals surface area contributed by atoms with Gasteiger partial charge in [-0.15, -0.1) is 11.3 Å². The second kappa shape index (κ2) is 5.54. The number of aryl methyl sites for hydroxylation is 1. The number of fused-ring (bicyclic) bond motifs is 1. The third-order valence-electron chi connectivity index (χ3n) is 3.71. The van der Waals surface area contributed by atoms with Crippen molar-refractivity contribution < 1.29 is 0 Å². The molecule has 1 unspecified atom stereocenters. The molecule has 1 atom stereocenters. The monoisotopic (exact) mass is 302 g/mol. The highest BCUT2D eigenvalue weighted by Crippen LogP contribution is 2.31. The summed E-state index contributed by atoms with van der Waals surface area (Å²) in [6, 6.07) is 11.0. The van der Waals surface area contributed by atoms with Crippen molar-refractivity contribution in [3.63, 3.8) is 0 Å². The Kier molecular flexibility index (Phi) is 3.76. The number of benzene rings is 1. The van der Waals surface area contributed by atoms with Crippen LogP contribution in [0.2, 0.25) is 0 Å². The Bertz CT molecular complexity index is 765. The molecule has 2 nitrogen and oxygen atoms in total. The number of thiophene rings is 1. The number of rotatable bonds is 4. The zero-order chi connectivity index (χ0) is 14.1. The molecule has 104 valence electrons. The SMILES string of the molecule is CCCC(c1cccs1)n1c(=S)[nH]c2c(C)cccc21. The fourth-order valence-corrected chi connectivity index (χ4v) is 3.93. The molecule has 0 aliphatic heterocycles. The number of H-pyrrole nitrogens is 1. The number of hydrogen-bond donors (Lipinski definition) is 1. The molecule has 0 saturated heterocycles. The number of nitrogens with one attached hydrogen (secondary N) is 1. The summed E-state index contributed by atoms with van der Waals surface area (Å²) in [6.45, 7) is 4.35. The molecule has 1 aromatic carbocycles. The molecule has 0 radical (unpaired) electrons. The van der Waals surface area contributed by atoms with Crippen LogP contribution in [0.15, 0.2) is 35.7 Å². The number of hydrogen-bond acceptors (Lipinski definition) is 2. The zero-order valence-corrected chi connectivity index (χ0v) is 13.4. The summed E-state index contributed by atoms with van der Waals surface area (Å²) in [6.07, 6.45) is 2.25. The minimum atomic E-state index is 0.336. The maximum Gasteiger partial charge on any atom is 0.178 e. The van der Waals surface area contributed by atoms with E-state index >= 15 is 0 Å². The minimum Gasteiger partial charge on any atom is -0.330 e. The molecule has 3 aromatic rings. The van der Waals surface area contributed by atoms with Crippen LogP contribution in [0.1, 0.15) is 36.2 Å². The quantitative estimate of drug-likeness (QED) is 0.635. The van der Waals surface area contributed by atoms with E-state index in [1.54, 1.807) is 0 Å². The van der Waals surface area contributed by atoms with Crippen LogP contribution in [-0.4, -0.2) is 9.55 Å². The fourth-order valence-electron chi connectivity index (χ4n) is 2.75. The fraction of sp³-hybridized carbons (Fsp3) is 0.312. The standard InChI is InChI=1S/C16H18N2S2/c1-3-6-12(14-9-5-10-20-14)18-13-8-4-7-11(2)15(13)17-16(18)19/h4-5,7-10,12H,3,6H2,1-2H3,(H,17,19). The average Bonchev–Trinajstić information content (AvgIpc) is 3.05. The van der Waals surface area contributed by atoms with Crippen molar-refractivity contribution in [1.29, 1.82) is 0 Å². The van der Waals surface area contributed by atoms with Gasteiger partial charge in [0.05, 0.1) is 17.1 Å². The van der Waals surface area contributed by atoms with Crippen molar-refractivity contribution in [3.05, 3.63) is 50.9 Å². The van der Waals surface area contributed by atoms with Crippen LogP contribution in [0.3, 0.4) is 0 Å². The molecule has 0 fully saturated rings. The van der Waals surface area contributed by atoms with Crippen molar-refractivity contribution in [2.45, 2.75) is 32.7 Å². The zero-order valence-electron chi connectivity index (χ0n) is 11.7. The van der Waals surface area contributed by atoms with E-state index in [1.165, 1.54) is 16.0 Å². The highest BCUT2D eigenvalue weighted by molar-refractivity contribution is 7.71. The average molecular weight is 302 g/mol. The van der Waals surface area contributed by atoms with Crippen LogP contribution in [0.5, 0.6) is 0 Å². The molecule has 0 aliphatic carbocycles. The Labute approximate surface area is 128 Å². The Morgan fingerprint density at radius 3 is 2.85 bits per heavy atom. The summed E-state index contributed by atoms with van der Waals surface area (Å²) >= 11 is 7.40. The summed E-state index contributed by atoms with van der Waals surface area (Å²) in [7, 11) is 0. The summed E-state index contributed by atoms with van der Waals surface area (Å²) in [5, 5.41) is 2.14. The number of aromatic nitrogens is 2. The highest BCUT2D eigenvalue weighted by atomic mass is 32.1. The molecule has 0 amide bonds. The Hall–Kier alpha value is -1.39. The van der Waals surface area contributed by atoms with Crippen LogP contribution in [-0.2, 0) is 0 Å². The topological polar surface area (TPSA) is 20.7 Å². The van der Waals surface area contributed by atoms with Gasteiger partial charge in [-0.25, -0.2) is 0 Å². The summed E-state index contributed by atoms with van der Waals surface area (Å²) in [4.78, 5) is 4.76. The number of para-hydroxylation sites is 1. The van der Waals surface area contributed by atoms with Crippen molar-refractivity contribution >= 4 is 34.6 Å². The molecular formula is C16H18N2S2. The Balaban J connectivity index is 2.24. The van der Waals surface area contributed by atoms with Crippen LogP contribution >= 0.6 is 23.6 Å². The van der Waals surface area contributed by atoms with E-state index in [2.05, 4.69) is 59.1 Å². The van der Waals surface area contributed by atoms with Gasteiger partial charge < -0.3 is 9.55 Å². The van der Waals surface area contributed by atoms with Gasteiger partial charge in [0, 0.05) is 4.88 Å². The molecule has 0 bridgehead atoms. The smallest absolute Gasteiger partial charge is 0.178 e. The summed E-state index contributed by atoms with van der Waals surface area (Å²) in [5.41, 5.74) is 3.62. The van der Waals surface area contributed by atoms with Crippen molar-refractivity contribution in [3.8, 4) is 0 Å². The maximum absolute atomic E-state index is 5.59. The van der Waals surface area contributed by atoms with Crippen LogP contribution < -0.4 is 0 Å². The summed E-state index contributed by atoms with van der Waals surface area (Å²) < 4.78 is 3.11. The first-order valence-corrected chi connectivity index (χ1v) is 8.24. The number of aromatic amines is 1. The van der Waals surface area contributed by atoms with Crippen LogP contribution in [0, 0.1) is 11.7 Å². The van der Waals surface area contributed by atoms with Crippen molar-refractivity contribution in [1.82, 2.24) is 9.55 Å². The molecule has 2 heterocycles. The molecule has 0 spiro atoms. The van der Waals surface area contributed by atoms with E-state index in [9.17, 15) is 0 Å². The highest BCUT2D eigenvalue weighted by Gasteiger charge is 2.18. The van der Waals surface area contributed by atoms with E-state index in [4.69, 9.17) is 12.2 Å².